The van der Waals surface area contributed by atoms with Gasteiger partial charge in [-0.15, -0.1) is 0 Å². The standard InChI is InChI=1S/C15H29N5O/c1-7-12(8-2)20(10-11(4)5)14-17-13(16-6)18-15(19-14)21-9-3/h11-12H,7-10H2,1-6H3,(H,16,17,18,19). The van der Waals surface area contributed by atoms with Crippen LogP contribution in [0.2, 0.25) is 0 Å². The van der Waals surface area contributed by atoms with E-state index >= 15 is 0 Å². The first-order valence-electron chi connectivity index (χ1n) is 7.88. The van der Waals surface area contributed by atoms with E-state index in [1.165, 1.54) is 0 Å². The molecule has 1 heterocycles. The number of aromatic nitrogens is 3. The second-order valence-corrected chi connectivity index (χ2v) is 5.44. The number of ether oxygens (including phenoxy) is 1. The van der Waals surface area contributed by atoms with E-state index in [1.54, 1.807) is 7.05 Å². The molecule has 120 valence electrons. The molecule has 0 amide bonds. The topological polar surface area (TPSA) is 63.2 Å². The van der Waals surface area contributed by atoms with E-state index in [0.29, 0.717) is 36.5 Å². The lowest BCUT2D eigenvalue weighted by Gasteiger charge is -2.32. The Labute approximate surface area is 128 Å². The first kappa shape index (κ1) is 17.5. The molecule has 0 aromatic carbocycles. The van der Waals surface area contributed by atoms with E-state index < -0.39 is 0 Å². The minimum atomic E-state index is 0.381. The molecule has 0 spiro atoms. The molecule has 0 radical (unpaired) electrons. The van der Waals surface area contributed by atoms with Gasteiger partial charge in [0, 0.05) is 19.6 Å². The molecular weight excluding hydrogens is 266 g/mol. The van der Waals surface area contributed by atoms with Gasteiger partial charge in [-0.1, -0.05) is 27.7 Å². The molecule has 0 fully saturated rings. The van der Waals surface area contributed by atoms with Crippen molar-refractivity contribution in [2.24, 2.45) is 5.92 Å². The van der Waals surface area contributed by atoms with Crippen LogP contribution in [0, 0.1) is 5.92 Å². The highest BCUT2D eigenvalue weighted by molar-refractivity contribution is 5.39. The van der Waals surface area contributed by atoms with E-state index in [9.17, 15) is 0 Å². The van der Waals surface area contributed by atoms with Crippen molar-refractivity contribution < 1.29 is 4.74 Å². The monoisotopic (exact) mass is 295 g/mol. The molecule has 1 N–H and O–H groups in total. The Balaban J connectivity index is 3.17. The Hall–Kier alpha value is -1.59. The third kappa shape index (κ3) is 5.02. The van der Waals surface area contributed by atoms with Crippen molar-refractivity contribution in [3.8, 4) is 6.01 Å². The lowest BCUT2D eigenvalue weighted by molar-refractivity contribution is 0.311. The summed E-state index contributed by atoms with van der Waals surface area (Å²) in [4.78, 5) is 15.5. The fraction of sp³-hybridized carbons (Fsp3) is 0.800. The molecule has 0 bridgehead atoms. The molecule has 21 heavy (non-hydrogen) atoms. The number of hydrogen-bond acceptors (Lipinski definition) is 6. The van der Waals surface area contributed by atoms with Crippen molar-refractivity contribution >= 4 is 11.9 Å². The Morgan fingerprint density at radius 2 is 1.76 bits per heavy atom. The van der Waals surface area contributed by atoms with E-state index in [1.807, 2.05) is 6.92 Å². The van der Waals surface area contributed by atoms with Crippen LogP contribution in [0.4, 0.5) is 11.9 Å². The predicted molar refractivity (Wildman–Crippen MR) is 87.1 cm³/mol. The summed E-state index contributed by atoms with van der Waals surface area (Å²) in [6.45, 7) is 12.2. The van der Waals surface area contributed by atoms with Crippen molar-refractivity contribution in [1.82, 2.24) is 15.0 Å². The zero-order valence-electron chi connectivity index (χ0n) is 14.2. The second kappa shape index (κ2) is 8.64. The normalized spacial score (nSPS) is 11.0. The molecule has 1 aromatic rings. The first-order valence-corrected chi connectivity index (χ1v) is 7.88. The molecule has 6 nitrogen and oxygen atoms in total. The quantitative estimate of drug-likeness (QED) is 0.755. The third-order valence-electron chi connectivity index (χ3n) is 3.30. The molecule has 1 rings (SSSR count). The lowest BCUT2D eigenvalue weighted by atomic mass is 10.1. The maximum atomic E-state index is 5.46. The van der Waals surface area contributed by atoms with Gasteiger partial charge in [0.1, 0.15) is 0 Å². The maximum Gasteiger partial charge on any atom is 0.323 e. The van der Waals surface area contributed by atoms with Gasteiger partial charge in [-0.3, -0.25) is 0 Å². The number of rotatable bonds is 9. The van der Waals surface area contributed by atoms with Gasteiger partial charge >= 0.3 is 6.01 Å². The van der Waals surface area contributed by atoms with Gasteiger partial charge in [0.15, 0.2) is 0 Å². The first-order chi connectivity index (χ1) is 10.0. The molecule has 0 aliphatic rings. The molecule has 1 aromatic heterocycles. The van der Waals surface area contributed by atoms with Gasteiger partial charge in [0.2, 0.25) is 11.9 Å². The van der Waals surface area contributed by atoms with Gasteiger partial charge < -0.3 is 15.0 Å². The molecular formula is C15H29N5O. The molecule has 0 aliphatic carbocycles. The highest BCUT2D eigenvalue weighted by atomic mass is 16.5. The Bertz CT molecular complexity index is 421. The van der Waals surface area contributed by atoms with Crippen LogP contribution in [0.3, 0.4) is 0 Å². The SMILES string of the molecule is CCOc1nc(NC)nc(N(CC(C)C)C(CC)CC)n1. The minimum Gasteiger partial charge on any atom is -0.464 e. The summed E-state index contributed by atoms with van der Waals surface area (Å²) in [6, 6.07) is 0.806. The van der Waals surface area contributed by atoms with Crippen LogP contribution in [0.25, 0.3) is 0 Å². The zero-order chi connectivity index (χ0) is 15.8. The van der Waals surface area contributed by atoms with Crippen LogP contribution in [-0.2, 0) is 0 Å². The average Bonchev–Trinajstić information content (AvgIpc) is 2.47. The van der Waals surface area contributed by atoms with Gasteiger partial charge in [0.25, 0.3) is 0 Å². The van der Waals surface area contributed by atoms with Crippen LogP contribution in [0.15, 0.2) is 0 Å². The highest BCUT2D eigenvalue weighted by Crippen LogP contribution is 2.21. The summed E-state index contributed by atoms with van der Waals surface area (Å²) in [7, 11) is 1.80. The molecule has 0 saturated heterocycles. The van der Waals surface area contributed by atoms with Crippen LogP contribution in [-0.4, -0.2) is 41.2 Å². The summed E-state index contributed by atoms with van der Waals surface area (Å²) >= 11 is 0. The van der Waals surface area contributed by atoms with Crippen molar-refractivity contribution in [3.63, 3.8) is 0 Å². The largest absolute Gasteiger partial charge is 0.464 e. The minimum absolute atomic E-state index is 0.381. The highest BCUT2D eigenvalue weighted by Gasteiger charge is 2.21. The van der Waals surface area contributed by atoms with Crippen LogP contribution in [0.1, 0.15) is 47.5 Å². The van der Waals surface area contributed by atoms with E-state index in [4.69, 9.17) is 4.74 Å². The third-order valence-corrected chi connectivity index (χ3v) is 3.30. The molecule has 0 aliphatic heterocycles. The van der Waals surface area contributed by atoms with Gasteiger partial charge in [0.05, 0.1) is 6.61 Å². The van der Waals surface area contributed by atoms with Crippen molar-refractivity contribution in [3.05, 3.63) is 0 Å². The summed E-state index contributed by atoms with van der Waals surface area (Å²) in [5.74, 6) is 1.78. The number of anilines is 2. The zero-order valence-corrected chi connectivity index (χ0v) is 14.2. The number of nitrogens with one attached hydrogen (secondary N) is 1. The van der Waals surface area contributed by atoms with Gasteiger partial charge in [-0.2, -0.15) is 15.0 Å². The van der Waals surface area contributed by atoms with Crippen LogP contribution < -0.4 is 15.0 Å². The van der Waals surface area contributed by atoms with E-state index in [2.05, 4.69) is 52.9 Å². The molecule has 0 saturated carbocycles. The van der Waals surface area contributed by atoms with Crippen LogP contribution in [0.5, 0.6) is 6.01 Å². The Morgan fingerprint density at radius 1 is 1.10 bits per heavy atom. The van der Waals surface area contributed by atoms with Crippen molar-refractivity contribution in [2.45, 2.75) is 53.5 Å². The molecule has 6 heteroatoms. The fourth-order valence-corrected chi connectivity index (χ4v) is 2.30. The predicted octanol–water partition coefficient (Wildman–Crippen LogP) is 2.96. The van der Waals surface area contributed by atoms with Crippen molar-refractivity contribution in [2.75, 3.05) is 30.4 Å². The summed E-state index contributed by atoms with van der Waals surface area (Å²) in [6.07, 6.45) is 2.13. The Kier molecular flexibility index (Phi) is 7.19. The number of nitrogens with zero attached hydrogens (tertiary/aromatic N) is 4. The summed E-state index contributed by atoms with van der Waals surface area (Å²) < 4.78 is 5.46. The van der Waals surface area contributed by atoms with E-state index in [0.717, 1.165) is 19.4 Å². The van der Waals surface area contributed by atoms with E-state index in [-0.39, 0.29) is 0 Å². The van der Waals surface area contributed by atoms with Gasteiger partial charge in [-0.25, -0.2) is 0 Å². The summed E-state index contributed by atoms with van der Waals surface area (Å²) in [5.41, 5.74) is 0. The second-order valence-electron chi connectivity index (χ2n) is 5.44. The molecule has 0 atom stereocenters. The summed E-state index contributed by atoms with van der Waals surface area (Å²) in [5, 5.41) is 2.98. The maximum absolute atomic E-state index is 5.46. The van der Waals surface area contributed by atoms with Crippen LogP contribution >= 0.6 is 0 Å². The number of hydrogen-bond donors (Lipinski definition) is 1. The fourth-order valence-electron chi connectivity index (χ4n) is 2.30. The molecule has 0 unspecified atom stereocenters. The average molecular weight is 295 g/mol. The Morgan fingerprint density at radius 3 is 2.24 bits per heavy atom. The van der Waals surface area contributed by atoms with Gasteiger partial charge in [-0.05, 0) is 25.7 Å². The van der Waals surface area contributed by atoms with Crippen molar-refractivity contribution in [1.29, 1.82) is 0 Å². The smallest absolute Gasteiger partial charge is 0.323 e. The lowest BCUT2D eigenvalue weighted by Crippen LogP contribution is -2.38.